The lowest BCUT2D eigenvalue weighted by atomic mass is 9.70. The number of hydrogen-bond donors (Lipinski definition) is 1. The first-order valence-electron chi connectivity index (χ1n) is 17.5. The van der Waals surface area contributed by atoms with Crippen molar-refractivity contribution in [3.63, 3.8) is 0 Å². The highest BCUT2D eigenvalue weighted by atomic mass is 19.1. The van der Waals surface area contributed by atoms with E-state index in [2.05, 4.69) is 44.8 Å². The molecule has 0 bridgehead atoms. The van der Waals surface area contributed by atoms with Gasteiger partial charge in [-0.1, -0.05) is 59.4 Å². The molecule has 7 heteroatoms. The minimum atomic E-state index is -0.500. The van der Waals surface area contributed by atoms with Crippen LogP contribution in [0.2, 0.25) is 0 Å². The molecule has 1 N–H and O–H groups in total. The second-order valence-electron chi connectivity index (χ2n) is 14.1. The van der Waals surface area contributed by atoms with E-state index in [1.807, 2.05) is 32.6 Å². The lowest BCUT2D eigenvalue weighted by molar-refractivity contribution is -0.121. The molecule has 2 heterocycles. The summed E-state index contributed by atoms with van der Waals surface area (Å²) in [6.07, 6.45) is 11.7. The first-order chi connectivity index (χ1) is 20.8. The van der Waals surface area contributed by atoms with Crippen molar-refractivity contribution in [3.05, 3.63) is 35.4 Å². The van der Waals surface area contributed by atoms with Gasteiger partial charge in [0.15, 0.2) is 0 Å². The summed E-state index contributed by atoms with van der Waals surface area (Å²) in [5.41, 5.74) is 0.626. The molecule has 3 fully saturated rings. The zero-order valence-corrected chi connectivity index (χ0v) is 29.8. The number of halogens is 2. The van der Waals surface area contributed by atoms with Crippen LogP contribution < -0.4 is 5.32 Å². The van der Waals surface area contributed by atoms with Crippen LogP contribution in [-0.2, 0) is 9.59 Å². The molecule has 44 heavy (non-hydrogen) atoms. The van der Waals surface area contributed by atoms with Crippen molar-refractivity contribution >= 4 is 12.3 Å². The van der Waals surface area contributed by atoms with Crippen LogP contribution in [0.15, 0.2) is 18.2 Å². The Morgan fingerprint density at radius 3 is 1.98 bits per heavy atom. The Labute approximate surface area is 268 Å². The fourth-order valence-corrected chi connectivity index (χ4v) is 7.35. The van der Waals surface area contributed by atoms with Crippen molar-refractivity contribution in [2.75, 3.05) is 26.2 Å². The lowest BCUT2D eigenvalue weighted by Crippen LogP contribution is -2.46. The highest BCUT2D eigenvalue weighted by Crippen LogP contribution is 2.42. The standard InChI is InChI=1S/C18H32N2O2.C15H21F2N.2C2H6/c1-14(22)19-18(2,3)12-17(15-6-4-5-7-15)16-8-10-20(13-21)11-9-16;1-15(2,3)18-8-4-5-11(10-18)13-7-6-12(16)9-14(13)17;2*1-2/h13,15-17H,4-12H2,1-3H3,(H,19,22);6-7,9,11H,4-5,8,10H2,1-3H3;2*1-2H3. The minimum Gasteiger partial charge on any atom is -0.351 e. The normalized spacial score (nSPS) is 20.6. The Morgan fingerprint density at radius 2 is 1.48 bits per heavy atom. The molecule has 2 unspecified atom stereocenters. The number of amides is 2. The number of benzene rings is 1. The molecule has 2 aliphatic heterocycles. The molecule has 2 saturated heterocycles. The van der Waals surface area contributed by atoms with Crippen LogP contribution in [0.1, 0.15) is 139 Å². The number of rotatable bonds is 7. The summed E-state index contributed by atoms with van der Waals surface area (Å²) in [7, 11) is 0. The average molecular weight is 622 g/mol. The Balaban J connectivity index is 0.000000401. The lowest BCUT2D eigenvalue weighted by Gasteiger charge is -2.41. The molecule has 1 saturated carbocycles. The number of hydrogen-bond acceptors (Lipinski definition) is 3. The van der Waals surface area contributed by atoms with Crippen molar-refractivity contribution in [1.82, 2.24) is 15.1 Å². The number of carbonyl (C=O) groups is 2. The Bertz CT molecular complexity index is 964. The van der Waals surface area contributed by atoms with Gasteiger partial charge in [-0.05, 0) is 109 Å². The summed E-state index contributed by atoms with van der Waals surface area (Å²) < 4.78 is 26.7. The second kappa shape index (κ2) is 19.5. The van der Waals surface area contributed by atoms with E-state index in [1.165, 1.54) is 31.7 Å². The first kappa shape index (κ1) is 40.0. The third-order valence-electron chi connectivity index (χ3n) is 9.37. The van der Waals surface area contributed by atoms with Crippen LogP contribution >= 0.6 is 0 Å². The molecule has 1 aliphatic carbocycles. The summed E-state index contributed by atoms with van der Waals surface area (Å²) in [5.74, 6) is 1.52. The summed E-state index contributed by atoms with van der Waals surface area (Å²) in [6.45, 7) is 24.1. The molecule has 5 nitrogen and oxygen atoms in total. The van der Waals surface area contributed by atoms with Crippen molar-refractivity contribution in [1.29, 1.82) is 0 Å². The van der Waals surface area contributed by atoms with Gasteiger partial charge in [0.1, 0.15) is 11.6 Å². The van der Waals surface area contributed by atoms with E-state index in [9.17, 15) is 18.4 Å². The van der Waals surface area contributed by atoms with Gasteiger partial charge in [0.05, 0.1) is 0 Å². The molecule has 1 aromatic carbocycles. The Morgan fingerprint density at radius 1 is 0.909 bits per heavy atom. The first-order valence-corrected chi connectivity index (χ1v) is 17.5. The minimum absolute atomic E-state index is 0.0611. The van der Waals surface area contributed by atoms with E-state index < -0.39 is 11.6 Å². The summed E-state index contributed by atoms with van der Waals surface area (Å²) in [4.78, 5) is 26.7. The molecule has 0 spiro atoms. The van der Waals surface area contributed by atoms with Crippen LogP contribution in [-0.4, -0.2) is 59.4 Å². The van der Waals surface area contributed by atoms with E-state index in [0.29, 0.717) is 17.4 Å². The SMILES string of the molecule is CC.CC.CC(=O)NC(C)(C)CC(C1CCCC1)C1CCN(C=O)CC1.CC(C)(C)N1CCCC(c2ccc(F)cc2F)C1. The summed E-state index contributed by atoms with van der Waals surface area (Å²) >= 11 is 0. The predicted molar refractivity (Wildman–Crippen MR) is 181 cm³/mol. The van der Waals surface area contributed by atoms with E-state index in [1.54, 1.807) is 13.0 Å². The van der Waals surface area contributed by atoms with Crippen LogP contribution in [0.5, 0.6) is 0 Å². The van der Waals surface area contributed by atoms with Gasteiger partial charge in [0, 0.05) is 43.7 Å². The molecule has 254 valence electrons. The maximum absolute atomic E-state index is 13.8. The van der Waals surface area contributed by atoms with Gasteiger partial charge >= 0.3 is 0 Å². The maximum Gasteiger partial charge on any atom is 0.217 e. The predicted octanol–water partition coefficient (Wildman–Crippen LogP) is 8.96. The van der Waals surface area contributed by atoms with Crippen LogP contribution in [0.25, 0.3) is 0 Å². The third kappa shape index (κ3) is 13.1. The molecule has 2 atom stereocenters. The Kier molecular flexibility index (Phi) is 17.7. The largest absolute Gasteiger partial charge is 0.351 e. The second-order valence-corrected chi connectivity index (χ2v) is 14.1. The quantitative estimate of drug-likeness (QED) is 0.309. The van der Waals surface area contributed by atoms with Crippen molar-refractivity contribution in [2.24, 2.45) is 17.8 Å². The van der Waals surface area contributed by atoms with Gasteiger partial charge in [-0.2, -0.15) is 0 Å². The fraction of sp³-hybridized carbons (Fsp3) is 0.784. The topological polar surface area (TPSA) is 52.7 Å². The zero-order valence-electron chi connectivity index (χ0n) is 29.8. The molecule has 0 aromatic heterocycles. The molecule has 3 aliphatic rings. The average Bonchev–Trinajstić information content (AvgIpc) is 3.52. The zero-order chi connectivity index (χ0) is 33.5. The van der Waals surface area contributed by atoms with Gasteiger partial charge in [-0.25, -0.2) is 8.78 Å². The van der Waals surface area contributed by atoms with Gasteiger partial charge < -0.3 is 10.2 Å². The van der Waals surface area contributed by atoms with Crippen LogP contribution in [0, 0.1) is 29.4 Å². The Hall–Kier alpha value is -2.02. The van der Waals surface area contributed by atoms with E-state index in [4.69, 9.17) is 0 Å². The van der Waals surface area contributed by atoms with Crippen molar-refractivity contribution in [2.45, 2.75) is 144 Å². The van der Waals surface area contributed by atoms with E-state index >= 15 is 0 Å². The fourth-order valence-electron chi connectivity index (χ4n) is 7.35. The monoisotopic (exact) mass is 622 g/mol. The van der Waals surface area contributed by atoms with E-state index in [-0.39, 0.29) is 22.9 Å². The highest BCUT2D eigenvalue weighted by Gasteiger charge is 2.37. The highest BCUT2D eigenvalue weighted by molar-refractivity contribution is 5.73. The van der Waals surface area contributed by atoms with Crippen LogP contribution in [0.4, 0.5) is 8.78 Å². The van der Waals surface area contributed by atoms with Gasteiger partial charge in [-0.15, -0.1) is 0 Å². The smallest absolute Gasteiger partial charge is 0.217 e. The van der Waals surface area contributed by atoms with Crippen molar-refractivity contribution in [3.8, 4) is 0 Å². The number of piperidine rings is 2. The molecule has 0 radical (unpaired) electrons. The third-order valence-corrected chi connectivity index (χ3v) is 9.37. The molecular formula is C37H65F2N3O2. The molecule has 2 amide bonds. The molecular weight excluding hydrogens is 556 g/mol. The van der Waals surface area contributed by atoms with Crippen molar-refractivity contribution < 1.29 is 18.4 Å². The van der Waals surface area contributed by atoms with Gasteiger partial charge in [0.25, 0.3) is 0 Å². The number of likely N-dealkylation sites (tertiary alicyclic amines) is 2. The van der Waals surface area contributed by atoms with Gasteiger partial charge in [-0.3, -0.25) is 14.5 Å². The number of nitrogens with zero attached hydrogens (tertiary/aromatic N) is 2. The van der Waals surface area contributed by atoms with E-state index in [0.717, 1.165) is 76.7 Å². The van der Waals surface area contributed by atoms with Crippen LogP contribution in [0.3, 0.4) is 0 Å². The summed E-state index contributed by atoms with van der Waals surface area (Å²) in [6, 6.07) is 3.95. The molecule has 1 aromatic rings. The maximum atomic E-state index is 13.8. The molecule has 4 rings (SSSR count). The number of carbonyl (C=O) groups excluding carboxylic acids is 2. The summed E-state index contributed by atoms with van der Waals surface area (Å²) in [5, 5.41) is 3.13. The van der Waals surface area contributed by atoms with Gasteiger partial charge in [0.2, 0.25) is 12.3 Å². The number of nitrogens with one attached hydrogen (secondary N) is 1.